The lowest BCUT2D eigenvalue weighted by molar-refractivity contribution is -0.149. The zero-order chi connectivity index (χ0) is 14.5. The van der Waals surface area contributed by atoms with Crippen LogP contribution in [0.3, 0.4) is 0 Å². The van der Waals surface area contributed by atoms with Gasteiger partial charge in [0, 0.05) is 13.1 Å². The predicted octanol–water partition coefficient (Wildman–Crippen LogP) is 1.16. The first-order valence-electron chi connectivity index (χ1n) is 7.19. The average molecular weight is 272 g/mol. The molecule has 1 aliphatic heterocycles. The van der Waals surface area contributed by atoms with Crippen molar-refractivity contribution in [3.05, 3.63) is 0 Å². The first-order chi connectivity index (χ1) is 8.85. The van der Waals surface area contributed by atoms with E-state index >= 15 is 0 Å². The van der Waals surface area contributed by atoms with Gasteiger partial charge < -0.3 is 15.2 Å². The lowest BCUT2D eigenvalue weighted by Gasteiger charge is -2.35. The SMILES string of the molecule is CCOC(=O)C(C)(N)CCCN1C[C@@H](C)O[C@@H](C)C1. The molecule has 0 spiro atoms. The molecule has 0 aliphatic carbocycles. The molecule has 5 heteroatoms. The summed E-state index contributed by atoms with van der Waals surface area (Å²) in [4.78, 5) is 14.0. The van der Waals surface area contributed by atoms with Crippen LogP contribution in [0.25, 0.3) is 0 Å². The van der Waals surface area contributed by atoms with Crippen LogP contribution in [0.15, 0.2) is 0 Å². The lowest BCUT2D eigenvalue weighted by Crippen LogP contribution is -2.48. The molecule has 0 aromatic rings. The second-order valence-corrected chi connectivity index (χ2v) is 5.76. The van der Waals surface area contributed by atoms with Gasteiger partial charge in [-0.1, -0.05) is 0 Å². The van der Waals surface area contributed by atoms with Crippen molar-refractivity contribution in [3.8, 4) is 0 Å². The number of nitrogens with two attached hydrogens (primary N) is 1. The number of esters is 1. The molecule has 2 N–H and O–H groups in total. The van der Waals surface area contributed by atoms with Crippen molar-refractivity contribution in [1.29, 1.82) is 0 Å². The third-order valence-corrected chi connectivity index (χ3v) is 3.41. The van der Waals surface area contributed by atoms with Gasteiger partial charge >= 0.3 is 5.97 Å². The van der Waals surface area contributed by atoms with Gasteiger partial charge in [-0.2, -0.15) is 0 Å². The van der Waals surface area contributed by atoms with Gasteiger partial charge in [0.2, 0.25) is 0 Å². The normalized spacial score (nSPS) is 27.8. The fraction of sp³-hybridized carbons (Fsp3) is 0.929. The van der Waals surface area contributed by atoms with E-state index in [0.717, 1.165) is 26.1 Å². The van der Waals surface area contributed by atoms with Crippen LogP contribution in [0.5, 0.6) is 0 Å². The molecule has 0 radical (unpaired) electrons. The molecule has 1 fully saturated rings. The largest absolute Gasteiger partial charge is 0.465 e. The van der Waals surface area contributed by atoms with E-state index in [2.05, 4.69) is 18.7 Å². The highest BCUT2D eigenvalue weighted by atomic mass is 16.5. The maximum Gasteiger partial charge on any atom is 0.325 e. The number of morpholine rings is 1. The monoisotopic (exact) mass is 272 g/mol. The standard InChI is InChI=1S/C14H28N2O3/c1-5-18-13(17)14(4,15)7-6-8-16-9-11(2)19-12(3)10-16/h11-12H,5-10,15H2,1-4H3/t11-,12+,14?. The first kappa shape index (κ1) is 16.4. The van der Waals surface area contributed by atoms with Crippen LogP contribution in [0.2, 0.25) is 0 Å². The summed E-state index contributed by atoms with van der Waals surface area (Å²) in [7, 11) is 0. The Labute approximate surface area is 116 Å². The van der Waals surface area contributed by atoms with E-state index in [4.69, 9.17) is 15.2 Å². The molecule has 0 aromatic carbocycles. The van der Waals surface area contributed by atoms with Gasteiger partial charge in [0.25, 0.3) is 0 Å². The fourth-order valence-electron chi connectivity index (χ4n) is 2.53. The maximum absolute atomic E-state index is 11.7. The van der Waals surface area contributed by atoms with E-state index in [1.54, 1.807) is 13.8 Å². The molecule has 1 unspecified atom stereocenters. The minimum atomic E-state index is -0.875. The Hall–Kier alpha value is -0.650. The number of carbonyl (C=O) groups is 1. The van der Waals surface area contributed by atoms with Gasteiger partial charge in [0.15, 0.2) is 0 Å². The molecule has 1 saturated heterocycles. The quantitative estimate of drug-likeness (QED) is 0.735. The minimum absolute atomic E-state index is 0.276. The molecule has 3 atom stereocenters. The Kier molecular flexibility index (Phi) is 6.23. The topological polar surface area (TPSA) is 64.8 Å². The van der Waals surface area contributed by atoms with Gasteiger partial charge in [0.1, 0.15) is 5.54 Å². The van der Waals surface area contributed by atoms with E-state index in [9.17, 15) is 4.79 Å². The van der Waals surface area contributed by atoms with Crippen molar-refractivity contribution in [3.63, 3.8) is 0 Å². The van der Waals surface area contributed by atoms with Crippen LogP contribution in [0, 0.1) is 0 Å². The van der Waals surface area contributed by atoms with Crippen LogP contribution in [0.4, 0.5) is 0 Å². The summed E-state index contributed by atoms with van der Waals surface area (Å²) >= 11 is 0. The molecular formula is C14H28N2O3. The number of ether oxygens (including phenoxy) is 2. The number of hydrogen-bond acceptors (Lipinski definition) is 5. The van der Waals surface area contributed by atoms with Crippen LogP contribution >= 0.6 is 0 Å². The summed E-state index contributed by atoms with van der Waals surface area (Å²) in [5.74, 6) is -0.307. The van der Waals surface area contributed by atoms with Crippen LogP contribution in [0.1, 0.15) is 40.5 Å². The van der Waals surface area contributed by atoms with Crippen LogP contribution in [-0.2, 0) is 14.3 Å². The molecule has 0 aromatic heterocycles. The molecule has 1 aliphatic rings. The summed E-state index contributed by atoms with van der Waals surface area (Å²) in [6, 6.07) is 0. The predicted molar refractivity (Wildman–Crippen MR) is 74.9 cm³/mol. The van der Waals surface area contributed by atoms with E-state index in [0.29, 0.717) is 13.0 Å². The molecule has 19 heavy (non-hydrogen) atoms. The third kappa shape index (κ3) is 5.47. The number of hydrogen-bond donors (Lipinski definition) is 1. The Morgan fingerprint density at radius 2 is 2.00 bits per heavy atom. The summed E-state index contributed by atoms with van der Waals surface area (Å²) < 4.78 is 10.7. The fourth-order valence-corrected chi connectivity index (χ4v) is 2.53. The van der Waals surface area contributed by atoms with Gasteiger partial charge in [0.05, 0.1) is 18.8 Å². The zero-order valence-corrected chi connectivity index (χ0v) is 12.6. The lowest BCUT2D eigenvalue weighted by atomic mass is 9.97. The first-order valence-corrected chi connectivity index (χ1v) is 7.19. The van der Waals surface area contributed by atoms with E-state index in [-0.39, 0.29) is 18.2 Å². The molecule has 5 nitrogen and oxygen atoms in total. The van der Waals surface area contributed by atoms with Crippen molar-refractivity contribution < 1.29 is 14.3 Å². The van der Waals surface area contributed by atoms with Crippen molar-refractivity contribution in [2.75, 3.05) is 26.2 Å². The molecule has 0 amide bonds. The third-order valence-electron chi connectivity index (χ3n) is 3.41. The van der Waals surface area contributed by atoms with E-state index in [1.807, 2.05) is 0 Å². The summed E-state index contributed by atoms with van der Waals surface area (Å²) in [5, 5.41) is 0. The Morgan fingerprint density at radius 3 is 2.53 bits per heavy atom. The Bertz CT molecular complexity index is 284. The smallest absolute Gasteiger partial charge is 0.325 e. The highest BCUT2D eigenvalue weighted by Gasteiger charge is 2.30. The molecule has 112 valence electrons. The number of nitrogens with zero attached hydrogens (tertiary/aromatic N) is 1. The maximum atomic E-state index is 11.7. The Morgan fingerprint density at radius 1 is 1.42 bits per heavy atom. The number of rotatable bonds is 6. The van der Waals surface area contributed by atoms with Gasteiger partial charge in [-0.15, -0.1) is 0 Å². The average Bonchev–Trinajstić information content (AvgIpc) is 2.27. The zero-order valence-electron chi connectivity index (χ0n) is 12.6. The van der Waals surface area contributed by atoms with Crippen LogP contribution in [-0.4, -0.2) is 54.9 Å². The van der Waals surface area contributed by atoms with Crippen molar-refractivity contribution in [2.24, 2.45) is 5.73 Å². The summed E-state index contributed by atoms with van der Waals surface area (Å²) in [6.45, 7) is 11.0. The van der Waals surface area contributed by atoms with Gasteiger partial charge in [-0.25, -0.2) is 0 Å². The molecular weight excluding hydrogens is 244 g/mol. The highest BCUT2D eigenvalue weighted by molar-refractivity contribution is 5.79. The molecule has 1 rings (SSSR count). The van der Waals surface area contributed by atoms with E-state index in [1.165, 1.54) is 0 Å². The Balaban J connectivity index is 2.31. The molecule has 1 heterocycles. The summed E-state index contributed by atoms with van der Waals surface area (Å²) in [5.41, 5.74) is 5.12. The number of carbonyl (C=O) groups excluding carboxylic acids is 1. The highest BCUT2D eigenvalue weighted by Crippen LogP contribution is 2.15. The second-order valence-electron chi connectivity index (χ2n) is 5.76. The minimum Gasteiger partial charge on any atom is -0.465 e. The molecule has 0 saturated carbocycles. The van der Waals surface area contributed by atoms with E-state index < -0.39 is 5.54 Å². The van der Waals surface area contributed by atoms with Crippen molar-refractivity contribution in [1.82, 2.24) is 4.90 Å². The second kappa shape index (κ2) is 7.22. The molecule has 0 bridgehead atoms. The van der Waals surface area contributed by atoms with Crippen molar-refractivity contribution >= 4 is 5.97 Å². The van der Waals surface area contributed by atoms with Crippen LogP contribution < -0.4 is 5.73 Å². The van der Waals surface area contributed by atoms with Gasteiger partial charge in [-0.05, 0) is 47.1 Å². The summed E-state index contributed by atoms with van der Waals surface area (Å²) in [6.07, 6.45) is 2.09. The van der Waals surface area contributed by atoms with Gasteiger partial charge in [-0.3, -0.25) is 9.69 Å². The van der Waals surface area contributed by atoms with Crippen molar-refractivity contribution in [2.45, 2.75) is 58.3 Å².